The molecule has 1 unspecified atom stereocenters. The van der Waals surface area contributed by atoms with Crippen LogP contribution in [0.3, 0.4) is 0 Å². The summed E-state index contributed by atoms with van der Waals surface area (Å²) in [7, 11) is 0. The number of rotatable bonds is 2. The van der Waals surface area contributed by atoms with Gasteiger partial charge in [0.2, 0.25) is 0 Å². The molecule has 0 spiro atoms. The average Bonchev–Trinajstić information content (AvgIpc) is 2.54. The van der Waals surface area contributed by atoms with Crippen LogP contribution in [0.15, 0.2) is 12.2 Å². The summed E-state index contributed by atoms with van der Waals surface area (Å²) in [4.78, 5) is 12.0. The third-order valence-corrected chi connectivity index (χ3v) is 5.43. The standard InChI is InChI=1S/C18H30O3/c1-15(2,3)13-7-8-17(6)12-14(19)21-18(17,11-13)10-9-16(4,5)20/h9-10,13,20H,7-8,11-12H2,1-6H3/b10-9+/t13?,17-,18-/m0/s1. The van der Waals surface area contributed by atoms with E-state index in [0.717, 1.165) is 19.3 Å². The summed E-state index contributed by atoms with van der Waals surface area (Å²) in [5.41, 5.74) is -1.39. The number of ether oxygens (including phenoxy) is 1. The van der Waals surface area contributed by atoms with E-state index in [0.29, 0.717) is 12.3 Å². The second-order valence-electron chi connectivity index (χ2n) is 8.89. The molecule has 0 aromatic carbocycles. The van der Waals surface area contributed by atoms with Crippen LogP contribution >= 0.6 is 0 Å². The van der Waals surface area contributed by atoms with E-state index < -0.39 is 11.2 Å². The van der Waals surface area contributed by atoms with Crippen molar-refractivity contribution in [1.82, 2.24) is 0 Å². The molecule has 1 N–H and O–H groups in total. The lowest BCUT2D eigenvalue weighted by molar-refractivity contribution is -0.151. The quantitative estimate of drug-likeness (QED) is 0.621. The molecule has 1 saturated heterocycles. The smallest absolute Gasteiger partial charge is 0.307 e. The van der Waals surface area contributed by atoms with Crippen molar-refractivity contribution in [2.45, 2.75) is 78.4 Å². The molecular weight excluding hydrogens is 264 g/mol. The van der Waals surface area contributed by atoms with Crippen molar-refractivity contribution >= 4 is 5.97 Å². The lowest BCUT2D eigenvalue weighted by atomic mass is 9.57. The molecule has 1 heterocycles. The molecule has 2 rings (SSSR count). The molecule has 2 fully saturated rings. The largest absolute Gasteiger partial charge is 0.454 e. The molecule has 0 aromatic rings. The number of hydrogen-bond donors (Lipinski definition) is 1. The minimum absolute atomic E-state index is 0.104. The van der Waals surface area contributed by atoms with Crippen LogP contribution in [0.5, 0.6) is 0 Å². The number of hydrogen-bond acceptors (Lipinski definition) is 3. The lowest BCUT2D eigenvalue weighted by Gasteiger charge is -2.49. The number of carbonyl (C=O) groups excluding carboxylic acids is 1. The van der Waals surface area contributed by atoms with Gasteiger partial charge in [-0.25, -0.2) is 0 Å². The van der Waals surface area contributed by atoms with Gasteiger partial charge in [-0.3, -0.25) is 4.79 Å². The number of aliphatic hydroxyl groups is 1. The second kappa shape index (κ2) is 4.84. The van der Waals surface area contributed by atoms with Gasteiger partial charge in [0, 0.05) is 5.41 Å². The zero-order chi connectivity index (χ0) is 16.1. The van der Waals surface area contributed by atoms with Gasteiger partial charge in [-0.15, -0.1) is 0 Å². The Labute approximate surface area is 128 Å². The highest BCUT2D eigenvalue weighted by atomic mass is 16.6. The van der Waals surface area contributed by atoms with Gasteiger partial charge in [0.25, 0.3) is 0 Å². The van der Waals surface area contributed by atoms with Gasteiger partial charge in [0.05, 0.1) is 12.0 Å². The Bertz CT molecular complexity index is 452. The van der Waals surface area contributed by atoms with Crippen molar-refractivity contribution < 1.29 is 14.6 Å². The molecular formula is C18H30O3. The van der Waals surface area contributed by atoms with E-state index in [-0.39, 0.29) is 16.8 Å². The van der Waals surface area contributed by atoms with Gasteiger partial charge in [-0.2, -0.15) is 0 Å². The van der Waals surface area contributed by atoms with Gasteiger partial charge in [-0.05, 0) is 50.5 Å². The molecule has 3 nitrogen and oxygen atoms in total. The van der Waals surface area contributed by atoms with E-state index >= 15 is 0 Å². The maximum absolute atomic E-state index is 12.0. The van der Waals surface area contributed by atoms with Crippen molar-refractivity contribution in [1.29, 1.82) is 0 Å². The summed E-state index contributed by atoms with van der Waals surface area (Å²) in [6.45, 7) is 12.4. The molecule has 3 heteroatoms. The molecule has 3 atom stereocenters. The monoisotopic (exact) mass is 294 g/mol. The summed E-state index contributed by atoms with van der Waals surface area (Å²) >= 11 is 0. The predicted octanol–water partition coefficient (Wildman–Crippen LogP) is 3.85. The Balaban J connectivity index is 2.38. The van der Waals surface area contributed by atoms with E-state index in [4.69, 9.17) is 4.74 Å². The topological polar surface area (TPSA) is 46.5 Å². The molecule has 0 radical (unpaired) electrons. The fourth-order valence-electron chi connectivity index (χ4n) is 3.76. The SMILES string of the molecule is CC(C)(O)/C=C/[C@]12CC(C(C)(C)C)CC[C@@]1(C)CC(=O)O2. The highest BCUT2D eigenvalue weighted by Gasteiger charge is 2.60. The first kappa shape index (κ1) is 16.5. The third-order valence-electron chi connectivity index (χ3n) is 5.43. The van der Waals surface area contributed by atoms with Gasteiger partial charge in [0.15, 0.2) is 0 Å². The first-order valence-electron chi connectivity index (χ1n) is 8.02. The molecule has 1 aliphatic carbocycles. The summed E-state index contributed by atoms with van der Waals surface area (Å²) in [5.74, 6) is 0.412. The Morgan fingerprint density at radius 1 is 1.29 bits per heavy atom. The summed E-state index contributed by atoms with van der Waals surface area (Å²) in [6, 6.07) is 0. The molecule has 0 amide bonds. The van der Waals surface area contributed by atoms with E-state index in [9.17, 15) is 9.90 Å². The van der Waals surface area contributed by atoms with E-state index in [1.807, 2.05) is 6.08 Å². The van der Waals surface area contributed by atoms with E-state index in [1.54, 1.807) is 19.9 Å². The fraction of sp³-hybridized carbons (Fsp3) is 0.833. The highest BCUT2D eigenvalue weighted by Crippen LogP contribution is 2.58. The van der Waals surface area contributed by atoms with Gasteiger partial charge < -0.3 is 9.84 Å². The second-order valence-corrected chi connectivity index (χ2v) is 8.89. The zero-order valence-corrected chi connectivity index (χ0v) is 14.3. The minimum atomic E-state index is -0.890. The number of carbonyl (C=O) groups is 1. The Morgan fingerprint density at radius 3 is 2.43 bits per heavy atom. The van der Waals surface area contributed by atoms with Gasteiger partial charge in [0.1, 0.15) is 5.60 Å². The molecule has 1 saturated carbocycles. The summed E-state index contributed by atoms with van der Waals surface area (Å²) < 4.78 is 5.84. The average molecular weight is 294 g/mol. The Morgan fingerprint density at radius 2 is 1.90 bits per heavy atom. The third kappa shape index (κ3) is 3.18. The molecule has 0 aromatic heterocycles. The Hall–Kier alpha value is -0.830. The van der Waals surface area contributed by atoms with Crippen LogP contribution in [0, 0.1) is 16.7 Å². The number of esters is 1. The van der Waals surface area contributed by atoms with Crippen LogP contribution in [0.2, 0.25) is 0 Å². The zero-order valence-electron chi connectivity index (χ0n) is 14.3. The molecule has 2 aliphatic rings. The molecule has 1 aliphatic heterocycles. The van der Waals surface area contributed by atoms with Crippen molar-refractivity contribution in [2.75, 3.05) is 0 Å². The first-order valence-corrected chi connectivity index (χ1v) is 8.02. The summed E-state index contributed by atoms with van der Waals surface area (Å²) in [5, 5.41) is 10.0. The van der Waals surface area contributed by atoms with Gasteiger partial charge >= 0.3 is 5.97 Å². The fourth-order valence-corrected chi connectivity index (χ4v) is 3.76. The van der Waals surface area contributed by atoms with Crippen LogP contribution < -0.4 is 0 Å². The van der Waals surface area contributed by atoms with Crippen LogP contribution in [0.25, 0.3) is 0 Å². The van der Waals surface area contributed by atoms with Crippen molar-refractivity contribution in [3.05, 3.63) is 12.2 Å². The van der Waals surface area contributed by atoms with Crippen LogP contribution in [-0.2, 0) is 9.53 Å². The minimum Gasteiger partial charge on any atom is -0.454 e. The van der Waals surface area contributed by atoms with Crippen molar-refractivity contribution in [2.24, 2.45) is 16.7 Å². The van der Waals surface area contributed by atoms with Crippen molar-refractivity contribution in [3.8, 4) is 0 Å². The van der Waals surface area contributed by atoms with E-state index in [1.165, 1.54) is 0 Å². The van der Waals surface area contributed by atoms with Crippen LogP contribution in [0.1, 0.15) is 67.2 Å². The Kier molecular flexibility index (Phi) is 3.81. The predicted molar refractivity (Wildman–Crippen MR) is 83.8 cm³/mol. The first-order chi connectivity index (χ1) is 9.37. The maximum atomic E-state index is 12.0. The number of fused-ring (bicyclic) bond motifs is 1. The molecule has 120 valence electrons. The van der Waals surface area contributed by atoms with Crippen LogP contribution in [-0.4, -0.2) is 22.3 Å². The van der Waals surface area contributed by atoms with E-state index in [2.05, 4.69) is 27.7 Å². The molecule has 21 heavy (non-hydrogen) atoms. The normalized spacial score (nSPS) is 37.7. The van der Waals surface area contributed by atoms with Gasteiger partial charge in [-0.1, -0.05) is 33.8 Å². The molecule has 0 bridgehead atoms. The maximum Gasteiger partial charge on any atom is 0.307 e. The van der Waals surface area contributed by atoms with Crippen LogP contribution in [0.4, 0.5) is 0 Å². The lowest BCUT2D eigenvalue weighted by Crippen LogP contribution is -2.49. The summed E-state index contributed by atoms with van der Waals surface area (Å²) in [6.07, 6.45) is 7.22. The van der Waals surface area contributed by atoms with Crippen molar-refractivity contribution in [3.63, 3.8) is 0 Å². The highest BCUT2D eigenvalue weighted by molar-refractivity contribution is 5.74.